The van der Waals surface area contributed by atoms with E-state index in [0.717, 1.165) is 26.5 Å². The maximum Gasteiger partial charge on any atom is 0.246 e. The van der Waals surface area contributed by atoms with Crippen LogP contribution < -0.4 is 21.3 Å². The summed E-state index contributed by atoms with van der Waals surface area (Å²) in [5.41, 5.74) is -1.61. The Kier molecular flexibility index (Phi) is 34.7. The van der Waals surface area contributed by atoms with Gasteiger partial charge in [0.05, 0.1) is 17.8 Å². The van der Waals surface area contributed by atoms with E-state index < -0.39 is 167 Å². The van der Waals surface area contributed by atoms with Gasteiger partial charge in [-0.15, -0.1) is 0 Å². The molecule has 0 bridgehead atoms. The quantitative estimate of drug-likeness (QED) is 0.0915. The molecule has 14 atom stereocenters. The summed E-state index contributed by atoms with van der Waals surface area (Å²) in [7, 11) is 9.68. The second-order valence-corrected chi connectivity index (χ2v) is 29.2. The number of hydrogen-bond donors (Lipinski definition) is 7. The average molecular weight is 1320 g/mol. The van der Waals surface area contributed by atoms with Gasteiger partial charge in [0.1, 0.15) is 66.5 Å². The molecule has 11 amide bonds. The van der Waals surface area contributed by atoms with Crippen molar-refractivity contribution in [1.82, 2.24) is 55.6 Å². The fourth-order valence-electron chi connectivity index (χ4n) is 11.3. The van der Waals surface area contributed by atoms with Crippen LogP contribution in [0.15, 0.2) is 12.2 Å². The van der Waals surface area contributed by atoms with Gasteiger partial charge in [-0.1, -0.05) is 95.2 Å². The zero-order valence-electron chi connectivity index (χ0n) is 60.2. The fourth-order valence-corrected chi connectivity index (χ4v) is 12.4. The SMILES string of the molecule is C/C=C/C[C@@H](C)[C@@H](O)[C@H]1C(=O)N[C@@H](CC)C(=O)N(C)[C@H](CSCC(C)O)C(=O)N(C)[C@@H](CC(C)(C)O)C(=O)N[C@@H](C(C)C)C(=O)N(C)[C@@H](CC(C)C)C(=O)N[C@@H](C)C(=O)N[C@H](C)C(=O)N(C)[C@@H](CC(C)C)C(=O)N(C)[C@@H](CC(C)C)C(=O)N(C)[C@@H](C(C)C)C(=O)N1C. The van der Waals surface area contributed by atoms with Crippen molar-refractivity contribution >= 4 is 76.7 Å². The molecule has 528 valence electrons. The monoisotopic (exact) mass is 1320 g/mol. The first-order chi connectivity index (χ1) is 42.3. The van der Waals surface area contributed by atoms with Crippen molar-refractivity contribution in [2.24, 2.45) is 35.5 Å². The number of allylic oxidation sites excluding steroid dienone is 2. The number of nitrogens with one attached hydrogen (secondary N) is 4. The van der Waals surface area contributed by atoms with Crippen LogP contribution in [0.4, 0.5) is 0 Å². The van der Waals surface area contributed by atoms with Gasteiger partial charge in [-0.3, -0.25) is 52.7 Å². The molecule has 0 radical (unpaired) electrons. The van der Waals surface area contributed by atoms with E-state index in [2.05, 4.69) is 21.3 Å². The summed E-state index contributed by atoms with van der Waals surface area (Å²) >= 11 is 1.13. The lowest BCUT2D eigenvalue weighted by Crippen LogP contribution is -2.64. The summed E-state index contributed by atoms with van der Waals surface area (Å²) in [5, 5.41) is 44.8. The second-order valence-electron chi connectivity index (χ2n) is 28.1. The number of rotatable bonds is 19. The molecule has 0 aromatic carbocycles. The van der Waals surface area contributed by atoms with Crippen LogP contribution in [0, 0.1) is 35.5 Å². The van der Waals surface area contributed by atoms with Gasteiger partial charge < -0.3 is 70.9 Å². The van der Waals surface area contributed by atoms with Crippen LogP contribution in [0.2, 0.25) is 0 Å². The number of thioether (sulfide) groups is 1. The van der Waals surface area contributed by atoms with Gasteiger partial charge >= 0.3 is 0 Å². The standard InChI is InChI=1S/C66H119N11O14S/c1-26-28-29-41(13)54(79)53-58(83)69-45(27-2)60(85)75(23)50(35-92-34-42(14)78)63(88)74(22)49(33-66(17,18)91)57(82)70-51(39(9)10)64(89)71(19)46(30-36(3)4)56(81)67-43(15)55(80)68-44(16)59(84)72(20)47(31-37(5)6)61(86)73(21)48(32-38(7)8)62(87)76(24)52(40(11)12)65(90)77(53)25/h26,28,36-54,78-79,91H,27,29-35H2,1-25H3,(H,67,81)(H,68,80)(H,69,83)(H,70,82)/b28-26+/t41-,42?,43+,44-,45+,46+,47+,48+,49+,50-,51+,52+,53+,54-/m1/s1. The van der Waals surface area contributed by atoms with Gasteiger partial charge in [0.2, 0.25) is 65.0 Å². The molecule has 0 aliphatic carbocycles. The van der Waals surface area contributed by atoms with Gasteiger partial charge in [0.15, 0.2) is 0 Å². The highest BCUT2D eigenvalue weighted by Gasteiger charge is 2.47. The second kappa shape index (κ2) is 37.9. The van der Waals surface area contributed by atoms with Crippen molar-refractivity contribution < 1.29 is 68.1 Å². The van der Waals surface area contributed by atoms with Crippen molar-refractivity contribution in [1.29, 1.82) is 0 Å². The van der Waals surface area contributed by atoms with E-state index >= 15 is 28.8 Å². The molecule has 25 nitrogen and oxygen atoms in total. The molecule has 0 spiro atoms. The third-order valence-corrected chi connectivity index (χ3v) is 18.3. The lowest BCUT2D eigenvalue weighted by atomic mass is 9.91. The van der Waals surface area contributed by atoms with E-state index in [0.29, 0.717) is 0 Å². The van der Waals surface area contributed by atoms with Gasteiger partial charge in [-0.25, -0.2) is 0 Å². The highest BCUT2D eigenvalue weighted by molar-refractivity contribution is 7.99. The first kappa shape index (κ1) is 84.2. The normalized spacial score (nSPS) is 27.1. The summed E-state index contributed by atoms with van der Waals surface area (Å²) in [4.78, 5) is 171. The summed E-state index contributed by atoms with van der Waals surface area (Å²) in [6.45, 7) is 30.2. The molecule has 1 aliphatic rings. The van der Waals surface area contributed by atoms with Crippen LogP contribution in [0.3, 0.4) is 0 Å². The minimum Gasteiger partial charge on any atom is -0.393 e. The largest absolute Gasteiger partial charge is 0.393 e. The van der Waals surface area contributed by atoms with Gasteiger partial charge in [-0.05, 0) is 109 Å². The number of likely N-dealkylation sites (N-methyl/N-ethyl adjacent to an activating group) is 7. The van der Waals surface area contributed by atoms with E-state index in [-0.39, 0.29) is 67.8 Å². The molecular weight excluding hydrogens is 1200 g/mol. The maximum atomic E-state index is 15.3. The Morgan fingerprint density at radius 1 is 0.489 bits per heavy atom. The summed E-state index contributed by atoms with van der Waals surface area (Å²) in [5.74, 6) is -10.7. The highest BCUT2D eigenvalue weighted by atomic mass is 32.2. The van der Waals surface area contributed by atoms with Crippen LogP contribution >= 0.6 is 11.8 Å². The zero-order valence-corrected chi connectivity index (χ0v) is 61.0. The molecule has 92 heavy (non-hydrogen) atoms. The van der Waals surface area contributed by atoms with Gasteiger partial charge in [0.25, 0.3) is 0 Å². The Morgan fingerprint density at radius 3 is 1.37 bits per heavy atom. The Labute approximate surface area is 554 Å². The van der Waals surface area contributed by atoms with Crippen molar-refractivity contribution in [3.8, 4) is 0 Å². The zero-order chi connectivity index (χ0) is 71.5. The molecule has 1 heterocycles. The number of amides is 11. The van der Waals surface area contributed by atoms with Crippen LogP contribution in [0.5, 0.6) is 0 Å². The third kappa shape index (κ3) is 24.2. The molecule has 0 aromatic heterocycles. The van der Waals surface area contributed by atoms with E-state index in [1.807, 2.05) is 41.5 Å². The lowest BCUT2D eigenvalue weighted by molar-refractivity contribution is -0.157. The Morgan fingerprint density at radius 2 is 0.913 bits per heavy atom. The molecule has 1 fully saturated rings. The number of nitrogens with zero attached hydrogens (tertiary/aromatic N) is 7. The Hall–Kier alpha value is -5.86. The number of carbonyl (C=O) groups is 11. The molecule has 0 aromatic rings. The number of aliphatic hydroxyl groups excluding tert-OH is 2. The average Bonchev–Trinajstić information content (AvgIpc) is 0.830. The Bertz CT molecular complexity index is 2520. The predicted molar refractivity (Wildman–Crippen MR) is 358 cm³/mol. The first-order valence-electron chi connectivity index (χ1n) is 32.7. The molecule has 0 saturated carbocycles. The molecule has 1 rings (SSSR count). The number of aliphatic hydroxyl groups is 3. The lowest BCUT2D eigenvalue weighted by Gasteiger charge is -2.41. The maximum absolute atomic E-state index is 15.3. The van der Waals surface area contributed by atoms with Crippen LogP contribution in [-0.4, -0.2) is 260 Å². The van der Waals surface area contributed by atoms with Crippen molar-refractivity contribution in [2.45, 2.75) is 247 Å². The minimum absolute atomic E-state index is 0.0616. The molecule has 26 heteroatoms. The number of hydrogen-bond acceptors (Lipinski definition) is 15. The summed E-state index contributed by atoms with van der Waals surface area (Å²) < 4.78 is 0. The smallest absolute Gasteiger partial charge is 0.246 e. The van der Waals surface area contributed by atoms with Gasteiger partial charge in [-0.2, -0.15) is 11.8 Å². The van der Waals surface area contributed by atoms with E-state index in [4.69, 9.17) is 0 Å². The molecule has 7 N–H and O–H groups in total. The minimum atomic E-state index is -1.68. The molecule has 1 aliphatic heterocycles. The van der Waals surface area contributed by atoms with Crippen LogP contribution in [-0.2, 0) is 52.7 Å². The fraction of sp³-hybridized carbons (Fsp3) is 0.803. The summed E-state index contributed by atoms with van der Waals surface area (Å²) in [6, 6.07) is -14.7. The summed E-state index contributed by atoms with van der Waals surface area (Å²) in [6.07, 6.45) is 1.35. The molecular formula is C66H119N11O14S. The number of carbonyl (C=O) groups excluding carboxylic acids is 11. The Balaban J connectivity index is 4.55. The molecule has 1 unspecified atom stereocenters. The van der Waals surface area contributed by atoms with Crippen molar-refractivity contribution in [2.75, 3.05) is 60.8 Å². The molecule has 1 saturated heterocycles. The van der Waals surface area contributed by atoms with Crippen LogP contribution in [0.1, 0.15) is 163 Å². The highest BCUT2D eigenvalue weighted by Crippen LogP contribution is 2.27. The third-order valence-electron chi connectivity index (χ3n) is 17.0. The van der Waals surface area contributed by atoms with Gasteiger partial charge in [0, 0.05) is 67.3 Å². The van der Waals surface area contributed by atoms with Crippen molar-refractivity contribution in [3.63, 3.8) is 0 Å². The predicted octanol–water partition coefficient (Wildman–Crippen LogP) is 2.87. The van der Waals surface area contributed by atoms with Crippen LogP contribution in [0.25, 0.3) is 0 Å². The van der Waals surface area contributed by atoms with E-state index in [1.54, 1.807) is 67.5 Å². The topological polar surface area (TPSA) is 319 Å². The van der Waals surface area contributed by atoms with Crippen molar-refractivity contribution in [3.05, 3.63) is 12.2 Å². The van der Waals surface area contributed by atoms with E-state index in [9.17, 15) is 39.3 Å². The van der Waals surface area contributed by atoms with E-state index in [1.165, 1.54) is 96.6 Å². The first-order valence-corrected chi connectivity index (χ1v) is 33.8.